The van der Waals surface area contributed by atoms with Crippen molar-refractivity contribution in [3.8, 4) is 0 Å². The molecule has 3 heterocycles. The Kier molecular flexibility index (Phi) is 7.66. The van der Waals surface area contributed by atoms with E-state index in [-0.39, 0.29) is 17.9 Å². The first-order valence-electron chi connectivity index (χ1n) is 12.7. The Morgan fingerprint density at radius 1 is 0.889 bits per heavy atom. The normalized spacial score (nSPS) is 21.0. The van der Waals surface area contributed by atoms with Gasteiger partial charge in [-0.2, -0.15) is 0 Å². The number of urea groups is 1. The third kappa shape index (κ3) is 5.32. The summed E-state index contributed by atoms with van der Waals surface area (Å²) in [6.07, 6.45) is 7.38. The summed E-state index contributed by atoms with van der Waals surface area (Å²) in [6, 6.07) is 5.52. The summed E-state index contributed by atoms with van der Waals surface area (Å²) in [4.78, 5) is 32.9. The summed E-state index contributed by atoms with van der Waals surface area (Å²) >= 11 is 19.5. The van der Waals surface area contributed by atoms with Gasteiger partial charge in [0.2, 0.25) is 5.91 Å². The van der Waals surface area contributed by atoms with E-state index in [9.17, 15) is 9.59 Å². The van der Waals surface area contributed by atoms with Crippen LogP contribution in [0.5, 0.6) is 0 Å². The minimum absolute atomic E-state index is 0.0508. The highest BCUT2D eigenvalue weighted by molar-refractivity contribution is 6.35. The summed E-state index contributed by atoms with van der Waals surface area (Å²) in [5, 5.41) is 1.98. The van der Waals surface area contributed by atoms with E-state index in [1.54, 1.807) is 11.1 Å². The Morgan fingerprint density at radius 3 is 2.22 bits per heavy atom. The lowest BCUT2D eigenvalue weighted by Gasteiger charge is -2.38. The monoisotopic (exact) mass is 548 g/mol. The van der Waals surface area contributed by atoms with E-state index in [0.717, 1.165) is 68.4 Å². The van der Waals surface area contributed by atoms with Crippen molar-refractivity contribution in [1.29, 1.82) is 0 Å². The van der Waals surface area contributed by atoms with Gasteiger partial charge in [0.15, 0.2) is 0 Å². The van der Waals surface area contributed by atoms with Crippen molar-refractivity contribution in [2.45, 2.75) is 50.9 Å². The number of nitrogens with zero attached hydrogens (tertiary/aromatic N) is 3. The van der Waals surface area contributed by atoms with Crippen LogP contribution in [0, 0.1) is 11.8 Å². The molecule has 3 amide bonds. The molecule has 9 heteroatoms. The molecule has 1 aromatic heterocycles. The van der Waals surface area contributed by atoms with Crippen molar-refractivity contribution in [1.82, 2.24) is 14.8 Å². The molecule has 2 N–H and O–H groups in total. The lowest BCUT2D eigenvalue weighted by atomic mass is 9.76. The average Bonchev–Trinajstić information content (AvgIpc) is 3.01. The zero-order valence-corrected chi connectivity index (χ0v) is 22.5. The number of benzene rings is 1. The number of fused-ring (bicyclic) bond motifs is 2. The fourth-order valence-electron chi connectivity index (χ4n) is 6.25. The standard InChI is InChI=1S/C27H31Cl3N4O2/c28-20-12-18-1-2-19-13-21(29)15-32-26(19)25(24(18)22(30)14-20)17-5-9-33(10-6-17)23(35)11-16-3-7-34(8-4-16)27(31)36/h12-17,25H,1-11H2,(H2,31,36)/t25-/m1/s1. The van der Waals surface area contributed by atoms with E-state index in [2.05, 4.69) is 0 Å². The topological polar surface area (TPSA) is 79.5 Å². The number of carbonyl (C=O) groups excluding carboxylic acids is 2. The van der Waals surface area contributed by atoms with Crippen LogP contribution in [0.1, 0.15) is 60.4 Å². The second-order valence-electron chi connectivity index (χ2n) is 10.3. The first-order chi connectivity index (χ1) is 17.3. The van der Waals surface area contributed by atoms with Gasteiger partial charge in [0.25, 0.3) is 0 Å². The van der Waals surface area contributed by atoms with Crippen LogP contribution in [-0.2, 0) is 17.6 Å². The summed E-state index contributed by atoms with van der Waals surface area (Å²) in [7, 11) is 0. The van der Waals surface area contributed by atoms with Crippen LogP contribution < -0.4 is 5.73 Å². The minimum atomic E-state index is -0.373. The Morgan fingerprint density at radius 2 is 1.53 bits per heavy atom. The van der Waals surface area contributed by atoms with E-state index < -0.39 is 0 Å². The smallest absolute Gasteiger partial charge is 0.314 e. The number of halogens is 3. The quantitative estimate of drug-likeness (QED) is 0.534. The van der Waals surface area contributed by atoms with Crippen LogP contribution in [0.3, 0.4) is 0 Å². The number of aromatic nitrogens is 1. The van der Waals surface area contributed by atoms with Crippen LogP contribution in [0.25, 0.3) is 0 Å². The van der Waals surface area contributed by atoms with Crippen LogP contribution >= 0.6 is 34.8 Å². The first-order valence-corrected chi connectivity index (χ1v) is 13.9. The molecule has 2 saturated heterocycles. The summed E-state index contributed by atoms with van der Waals surface area (Å²) in [5.41, 5.74) is 9.90. The molecule has 2 aromatic rings. The second kappa shape index (κ2) is 10.8. The SMILES string of the molecule is NC(=O)N1CCC(CC(=O)N2CCC([C@H]3c4ncc(Cl)cc4CCc4cc(Cl)cc(Cl)c43)CC2)CC1. The Balaban J connectivity index is 1.31. The Bertz CT molecular complexity index is 1160. The van der Waals surface area contributed by atoms with Crippen LogP contribution in [0.15, 0.2) is 24.4 Å². The van der Waals surface area contributed by atoms with E-state index >= 15 is 0 Å². The summed E-state index contributed by atoms with van der Waals surface area (Å²) in [6.45, 7) is 2.72. The lowest BCUT2D eigenvalue weighted by molar-refractivity contribution is -0.134. The molecular weight excluding hydrogens is 519 g/mol. The highest BCUT2D eigenvalue weighted by Gasteiger charge is 2.37. The molecule has 1 aliphatic carbocycles. The van der Waals surface area contributed by atoms with Gasteiger partial charge in [0, 0.05) is 54.8 Å². The molecule has 2 aliphatic heterocycles. The third-order valence-electron chi connectivity index (χ3n) is 8.17. The maximum absolute atomic E-state index is 13.1. The first kappa shape index (κ1) is 25.6. The molecule has 5 rings (SSSR count). The van der Waals surface area contributed by atoms with Gasteiger partial charge in [-0.15, -0.1) is 0 Å². The Labute approximate surface area is 227 Å². The van der Waals surface area contributed by atoms with Gasteiger partial charge in [-0.25, -0.2) is 4.79 Å². The zero-order valence-electron chi connectivity index (χ0n) is 20.2. The number of aryl methyl sites for hydroxylation is 2. The molecule has 192 valence electrons. The van der Waals surface area contributed by atoms with Crippen molar-refractivity contribution < 1.29 is 9.59 Å². The zero-order chi connectivity index (χ0) is 25.4. The largest absolute Gasteiger partial charge is 0.351 e. The number of hydrogen-bond acceptors (Lipinski definition) is 3. The van der Waals surface area contributed by atoms with Crippen molar-refractivity contribution in [3.63, 3.8) is 0 Å². The van der Waals surface area contributed by atoms with Crippen LogP contribution in [0.4, 0.5) is 4.79 Å². The maximum atomic E-state index is 13.1. The summed E-state index contributed by atoms with van der Waals surface area (Å²) in [5.74, 6) is 0.886. The Hall–Kier alpha value is -2.02. The molecule has 1 aromatic carbocycles. The van der Waals surface area contributed by atoms with Gasteiger partial charge in [-0.05, 0) is 85.3 Å². The number of nitrogens with two attached hydrogens (primary N) is 1. The molecular formula is C27H31Cl3N4O2. The maximum Gasteiger partial charge on any atom is 0.314 e. The molecule has 36 heavy (non-hydrogen) atoms. The van der Waals surface area contributed by atoms with Crippen molar-refractivity contribution in [2.24, 2.45) is 17.6 Å². The molecule has 0 spiro atoms. The van der Waals surface area contributed by atoms with Gasteiger partial charge < -0.3 is 15.5 Å². The number of likely N-dealkylation sites (tertiary alicyclic amines) is 2. The molecule has 3 aliphatic rings. The number of hydrogen-bond donors (Lipinski definition) is 1. The average molecular weight is 550 g/mol. The van der Waals surface area contributed by atoms with Gasteiger partial charge in [0.05, 0.1) is 10.7 Å². The van der Waals surface area contributed by atoms with Gasteiger partial charge >= 0.3 is 6.03 Å². The number of primary amides is 1. The predicted octanol–water partition coefficient (Wildman–Crippen LogP) is 5.69. The van der Waals surface area contributed by atoms with Crippen LogP contribution in [0.2, 0.25) is 15.1 Å². The van der Waals surface area contributed by atoms with E-state index in [1.165, 1.54) is 5.56 Å². The molecule has 2 fully saturated rings. The number of carbonyl (C=O) groups is 2. The molecule has 0 radical (unpaired) electrons. The minimum Gasteiger partial charge on any atom is -0.351 e. The fraction of sp³-hybridized carbons (Fsp3) is 0.519. The van der Waals surface area contributed by atoms with Crippen molar-refractivity contribution in [2.75, 3.05) is 26.2 Å². The number of piperidine rings is 2. The van der Waals surface area contributed by atoms with E-state index in [0.29, 0.717) is 46.4 Å². The van der Waals surface area contributed by atoms with E-state index in [4.69, 9.17) is 45.5 Å². The van der Waals surface area contributed by atoms with Gasteiger partial charge in [-0.3, -0.25) is 9.78 Å². The molecule has 0 bridgehead atoms. The van der Waals surface area contributed by atoms with Gasteiger partial charge in [-0.1, -0.05) is 34.8 Å². The lowest BCUT2D eigenvalue weighted by Crippen LogP contribution is -2.44. The highest BCUT2D eigenvalue weighted by atomic mass is 35.5. The van der Waals surface area contributed by atoms with Crippen LogP contribution in [-0.4, -0.2) is 52.9 Å². The van der Waals surface area contributed by atoms with Gasteiger partial charge in [0.1, 0.15) is 0 Å². The number of rotatable bonds is 3. The second-order valence-corrected chi connectivity index (χ2v) is 11.6. The molecule has 0 unspecified atom stereocenters. The highest BCUT2D eigenvalue weighted by Crippen LogP contribution is 2.46. The van der Waals surface area contributed by atoms with Crippen molar-refractivity contribution >= 4 is 46.7 Å². The fourth-order valence-corrected chi connectivity index (χ4v) is 7.08. The third-order valence-corrected chi connectivity index (χ3v) is 8.91. The number of amides is 3. The predicted molar refractivity (Wildman–Crippen MR) is 143 cm³/mol. The van der Waals surface area contributed by atoms with Crippen molar-refractivity contribution in [3.05, 3.63) is 61.8 Å². The number of pyridine rings is 1. The molecule has 0 saturated carbocycles. The molecule has 1 atom stereocenters. The van der Waals surface area contributed by atoms with E-state index in [1.807, 2.05) is 23.1 Å². The molecule has 6 nitrogen and oxygen atoms in total. The summed E-state index contributed by atoms with van der Waals surface area (Å²) < 4.78 is 0.